The third-order valence-corrected chi connectivity index (χ3v) is 4.60. The van der Waals surface area contributed by atoms with Crippen molar-refractivity contribution in [3.63, 3.8) is 0 Å². The lowest BCUT2D eigenvalue weighted by molar-refractivity contribution is -0.122. The molecule has 0 saturated carbocycles. The van der Waals surface area contributed by atoms with Gasteiger partial charge in [0.15, 0.2) is 5.82 Å². The van der Waals surface area contributed by atoms with Crippen LogP contribution in [0.1, 0.15) is 59.7 Å². The van der Waals surface area contributed by atoms with Crippen LogP contribution in [0.2, 0.25) is 0 Å². The summed E-state index contributed by atoms with van der Waals surface area (Å²) >= 11 is 0. The molecule has 10 heteroatoms. The molecule has 0 unspecified atom stereocenters. The molecule has 2 amide bonds. The minimum atomic E-state index is -0.825. The highest BCUT2D eigenvalue weighted by Gasteiger charge is 2.31. The molecule has 1 aromatic heterocycles. The molecule has 0 aliphatic carbocycles. The number of carbonyl (C=O) groups excluding carboxylic acids is 2. The zero-order valence-electron chi connectivity index (χ0n) is 19.1. The minimum absolute atomic E-state index is 0.0755. The lowest BCUT2D eigenvalue weighted by atomic mass is 10.1. The van der Waals surface area contributed by atoms with Gasteiger partial charge in [0.1, 0.15) is 11.1 Å². The second-order valence-corrected chi connectivity index (χ2v) is 9.17. The number of carbonyl (C=O) groups is 2. The van der Waals surface area contributed by atoms with Crippen LogP contribution in [0.15, 0.2) is 4.52 Å². The van der Waals surface area contributed by atoms with E-state index in [0.717, 1.165) is 39.1 Å². The first-order valence-corrected chi connectivity index (χ1v) is 10.5. The highest BCUT2D eigenvalue weighted by Crippen LogP contribution is 2.19. The van der Waals surface area contributed by atoms with E-state index < -0.39 is 17.2 Å². The number of piperazine rings is 1. The van der Waals surface area contributed by atoms with Crippen molar-refractivity contribution in [3.05, 3.63) is 11.7 Å². The minimum Gasteiger partial charge on any atom is -0.444 e. The lowest BCUT2D eigenvalue weighted by Gasteiger charge is -2.33. The number of ether oxygens (including phenoxy) is 1. The van der Waals surface area contributed by atoms with Crippen LogP contribution in [0.4, 0.5) is 4.79 Å². The first-order chi connectivity index (χ1) is 14.0. The molecule has 0 spiro atoms. The predicted octanol–water partition coefficient (Wildman–Crippen LogP) is 1.47. The molecule has 0 radical (unpaired) electrons. The van der Waals surface area contributed by atoms with Crippen LogP contribution in [0.5, 0.6) is 0 Å². The molecule has 10 nitrogen and oxygen atoms in total. The van der Waals surface area contributed by atoms with E-state index in [9.17, 15) is 9.59 Å². The fourth-order valence-electron chi connectivity index (χ4n) is 3.01. The van der Waals surface area contributed by atoms with Gasteiger partial charge in [-0.15, -0.1) is 0 Å². The van der Waals surface area contributed by atoms with Crippen molar-refractivity contribution in [2.75, 3.05) is 39.3 Å². The van der Waals surface area contributed by atoms with Crippen molar-refractivity contribution in [2.45, 2.75) is 65.6 Å². The topological polar surface area (TPSA) is 113 Å². The van der Waals surface area contributed by atoms with Gasteiger partial charge in [0.2, 0.25) is 11.8 Å². The molecule has 1 aliphatic heterocycles. The van der Waals surface area contributed by atoms with Gasteiger partial charge in [-0.1, -0.05) is 12.1 Å². The number of nitrogens with one attached hydrogen (secondary N) is 2. The summed E-state index contributed by atoms with van der Waals surface area (Å²) in [6, 6.07) is 0. The maximum atomic E-state index is 12.1. The van der Waals surface area contributed by atoms with Crippen LogP contribution in [0.25, 0.3) is 0 Å². The Morgan fingerprint density at radius 2 is 1.73 bits per heavy atom. The maximum absolute atomic E-state index is 12.1. The predicted molar refractivity (Wildman–Crippen MR) is 112 cm³/mol. The quantitative estimate of drug-likeness (QED) is 0.645. The van der Waals surface area contributed by atoms with Crippen molar-refractivity contribution in [1.82, 2.24) is 30.6 Å². The van der Waals surface area contributed by atoms with E-state index in [1.54, 1.807) is 13.8 Å². The number of nitrogens with zero attached hydrogens (tertiary/aromatic N) is 4. The molecule has 1 fully saturated rings. The summed E-state index contributed by atoms with van der Waals surface area (Å²) in [6.07, 6.45) is 0.411. The summed E-state index contributed by atoms with van der Waals surface area (Å²) in [5.41, 5.74) is -1.41. The largest absolute Gasteiger partial charge is 0.444 e. The van der Waals surface area contributed by atoms with Crippen LogP contribution in [0.3, 0.4) is 0 Å². The molecule has 1 aliphatic rings. The Labute approximate surface area is 178 Å². The molecule has 2 N–H and O–H groups in total. The van der Waals surface area contributed by atoms with E-state index >= 15 is 0 Å². The summed E-state index contributed by atoms with van der Waals surface area (Å²) in [5, 5.41) is 9.73. The fourth-order valence-corrected chi connectivity index (χ4v) is 3.01. The fraction of sp³-hybridized carbons (Fsp3) is 0.800. The molecular formula is C20H36N6O4. The van der Waals surface area contributed by atoms with Gasteiger partial charge in [0.25, 0.3) is 0 Å². The number of hydrogen-bond acceptors (Lipinski definition) is 8. The molecule has 0 aromatic carbocycles. The standard InChI is InChI=1S/C20H36N6O4/c1-7-8-21-15(27)13-25-9-11-26(12-10-25)14-16-22-17(24-30-16)20(5,6)23-18(28)29-19(2,3)4/h7-14H2,1-6H3,(H,21,27)(H,23,28). The van der Waals surface area contributed by atoms with Gasteiger partial charge < -0.3 is 19.9 Å². The van der Waals surface area contributed by atoms with Gasteiger partial charge in [-0.3, -0.25) is 14.6 Å². The third kappa shape index (κ3) is 7.91. The molecule has 1 aromatic rings. The number of alkyl carbamates (subject to hydrolysis) is 1. The van der Waals surface area contributed by atoms with Gasteiger partial charge >= 0.3 is 6.09 Å². The average Bonchev–Trinajstić information content (AvgIpc) is 3.09. The molecule has 0 bridgehead atoms. The van der Waals surface area contributed by atoms with Crippen molar-refractivity contribution < 1.29 is 18.8 Å². The number of hydrogen-bond donors (Lipinski definition) is 2. The second-order valence-electron chi connectivity index (χ2n) is 9.17. The Kier molecular flexibility index (Phi) is 8.19. The summed E-state index contributed by atoms with van der Waals surface area (Å²) in [4.78, 5) is 32.8. The Hall–Kier alpha value is -2.20. The third-order valence-electron chi connectivity index (χ3n) is 4.60. The first kappa shape index (κ1) is 24.1. The number of amides is 2. The Morgan fingerprint density at radius 1 is 1.10 bits per heavy atom. The summed E-state index contributed by atoms with van der Waals surface area (Å²) < 4.78 is 10.7. The van der Waals surface area contributed by atoms with Crippen LogP contribution < -0.4 is 10.6 Å². The molecule has 30 heavy (non-hydrogen) atoms. The van der Waals surface area contributed by atoms with E-state index in [1.165, 1.54) is 0 Å². The first-order valence-electron chi connectivity index (χ1n) is 10.5. The van der Waals surface area contributed by atoms with Gasteiger partial charge in [0, 0.05) is 32.7 Å². The Balaban J connectivity index is 1.82. The van der Waals surface area contributed by atoms with E-state index in [1.807, 2.05) is 27.7 Å². The Bertz CT molecular complexity index is 704. The zero-order valence-corrected chi connectivity index (χ0v) is 19.1. The van der Waals surface area contributed by atoms with Gasteiger partial charge in [-0.05, 0) is 41.0 Å². The van der Waals surface area contributed by atoms with Gasteiger partial charge in [0.05, 0.1) is 13.1 Å². The lowest BCUT2D eigenvalue weighted by Crippen LogP contribution is -2.49. The highest BCUT2D eigenvalue weighted by atomic mass is 16.6. The average molecular weight is 425 g/mol. The second kappa shape index (κ2) is 10.2. The van der Waals surface area contributed by atoms with E-state index in [0.29, 0.717) is 24.8 Å². The molecular weight excluding hydrogens is 388 g/mol. The monoisotopic (exact) mass is 424 g/mol. The molecule has 170 valence electrons. The van der Waals surface area contributed by atoms with E-state index in [-0.39, 0.29) is 5.91 Å². The van der Waals surface area contributed by atoms with Crippen LogP contribution in [0, 0.1) is 0 Å². The zero-order chi connectivity index (χ0) is 22.4. The summed E-state index contributed by atoms with van der Waals surface area (Å²) in [5.74, 6) is 0.972. The number of aromatic nitrogens is 2. The summed E-state index contributed by atoms with van der Waals surface area (Å²) in [7, 11) is 0. The van der Waals surface area contributed by atoms with Gasteiger partial charge in [-0.2, -0.15) is 4.98 Å². The Morgan fingerprint density at radius 3 is 2.33 bits per heavy atom. The van der Waals surface area contributed by atoms with Crippen LogP contribution in [-0.4, -0.2) is 76.8 Å². The van der Waals surface area contributed by atoms with Crippen LogP contribution in [-0.2, 0) is 21.6 Å². The van der Waals surface area contributed by atoms with Gasteiger partial charge in [-0.25, -0.2) is 4.79 Å². The molecule has 2 heterocycles. The van der Waals surface area contributed by atoms with Crippen molar-refractivity contribution >= 4 is 12.0 Å². The smallest absolute Gasteiger partial charge is 0.408 e. The van der Waals surface area contributed by atoms with Crippen LogP contribution >= 0.6 is 0 Å². The highest BCUT2D eigenvalue weighted by molar-refractivity contribution is 5.77. The SMILES string of the molecule is CCCNC(=O)CN1CCN(Cc2nc(C(C)(C)NC(=O)OC(C)(C)C)no2)CC1. The van der Waals surface area contributed by atoms with Crippen molar-refractivity contribution in [3.8, 4) is 0 Å². The normalized spacial score (nSPS) is 16.3. The van der Waals surface area contributed by atoms with Crippen molar-refractivity contribution in [1.29, 1.82) is 0 Å². The van der Waals surface area contributed by atoms with Crippen molar-refractivity contribution in [2.24, 2.45) is 0 Å². The van der Waals surface area contributed by atoms with E-state index in [2.05, 4.69) is 30.6 Å². The summed E-state index contributed by atoms with van der Waals surface area (Å²) in [6.45, 7) is 16.0. The molecule has 1 saturated heterocycles. The number of rotatable bonds is 8. The molecule has 0 atom stereocenters. The van der Waals surface area contributed by atoms with E-state index in [4.69, 9.17) is 9.26 Å². The molecule has 2 rings (SSSR count). The maximum Gasteiger partial charge on any atom is 0.408 e.